The topological polar surface area (TPSA) is 23.5 Å². The summed E-state index contributed by atoms with van der Waals surface area (Å²) in [6, 6.07) is 6.56. The minimum atomic E-state index is -0.444. The Balaban J connectivity index is 3.17. The fraction of sp³-hybridized carbons (Fsp3) is 0.571. The van der Waals surface area contributed by atoms with Gasteiger partial charge in [-0.05, 0) is 45.4 Å². The molecule has 2 nitrogen and oxygen atoms in total. The van der Waals surface area contributed by atoms with E-state index in [0.717, 1.165) is 28.7 Å². The molecular formula is C14H22BrNO. The van der Waals surface area contributed by atoms with Crippen molar-refractivity contribution in [3.8, 4) is 0 Å². The monoisotopic (exact) mass is 299 g/mol. The maximum absolute atomic E-state index is 9.88. The lowest BCUT2D eigenvalue weighted by Gasteiger charge is -2.31. The number of rotatable bonds is 5. The fourth-order valence-corrected chi connectivity index (χ4v) is 2.40. The van der Waals surface area contributed by atoms with Gasteiger partial charge in [-0.15, -0.1) is 0 Å². The van der Waals surface area contributed by atoms with Crippen molar-refractivity contribution in [2.75, 3.05) is 11.4 Å². The first-order chi connectivity index (χ1) is 7.97. The van der Waals surface area contributed by atoms with Crippen molar-refractivity contribution in [2.45, 2.75) is 46.3 Å². The third-order valence-corrected chi connectivity index (χ3v) is 3.33. The van der Waals surface area contributed by atoms with E-state index in [0.29, 0.717) is 6.04 Å². The Morgan fingerprint density at radius 2 is 1.94 bits per heavy atom. The molecule has 0 amide bonds. The van der Waals surface area contributed by atoms with Crippen LogP contribution in [0.3, 0.4) is 0 Å². The first kappa shape index (κ1) is 14.5. The zero-order valence-electron chi connectivity index (χ0n) is 11.1. The summed E-state index contributed by atoms with van der Waals surface area (Å²) in [4.78, 5) is 2.34. The molecule has 1 atom stereocenters. The van der Waals surface area contributed by atoms with Gasteiger partial charge in [0.15, 0.2) is 0 Å². The molecule has 1 unspecified atom stereocenters. The van der Waals surface area contributed by atoms with Crippen LogP contribution in [0.4, 0.5) is 5.69 Å². The standard InChI is InChI=1S/C14H22BrNO/c1-5-8-16(10(2)3)14-7-6-12(15)9-13(14)11(4)17/h6-7,9-11,17H,5,8H2,1-4H3. The molecule has 0 aliphatic carbocycles. The molecule has 0 bridgehead atoms. The molecule has 1 N–H and O–H groups in total. The van der Waals surface area contributed by atoms with Crippen LogP contribution in [0.5, 0.6) is 0 Å². The first-order valence-corrected chi connectivity index (χ1v) is 7.00. The summed E-state index contributed by atoms with van der Waals surface area (Å²) in [5, 5.41) is 9.88. The van der Waals surface area contributed by atoms with E-state index in [4.69, 9.17) is 0 Å². The average Bonchev–Trinajstić information content (AvgIpc) is 2.26. The van der Waals surface area contributed by atoms with E-state index in [1.165, 1.54) is 0 Å². The minimum Gasteiger partial charge on any atom is -0.389 e. The smallest absolute Gasteiger partial charge is 0.0782 e. The van der Waals surface area contributed by atoms with Crippen molar-refractivity contribution in [1.29, 1.82) is 0 Å². The second kappa shape index (κ2) is 6.41. The summed E-state index contributed by atoms with van der Waals surface area (Å²) in [5.74, 6) is 0. The predicted octanol–water partition coefficient (Wildman–Crippen LogP) is 4.13. The van der Waals surface area contributed by atoms with E-state index >= 15 is 0 Å². The number of aliphatic hydroxyl groups excluding tert-OH is 1. The molecule has 0 aliphatic heterocycles. The number of benzene rings is 1. The quantitative estimate of drug-likeness (QED) is 0.884. The predicted molar refractivity (Wildman–Crippen MR) is 77.5 cm³/mol. The number of aliphatic hydroxyl groups is 1. The van der Waals surface area contributed by atoms with Gasteiger partial charge in [0.1, 0.15) is 0 Å². The molecule has 0 radical (unpaired) electrons. The Labute approximate surface area is 113 Å². The van der Waals surface area contributed by atoms with Crippen LogP contribution in [0.1, 0.15) is 45.8 Å². The molecule has 0 heterocycles. The van der Waals surface area contributed by atoms with Gasteiger partial charge in [-0.2, -0.15) is 0 Å². The third-order valence-electron chi connectivity index (χ3n) is 2.84. The highest BCUT2D eigenvalue weighted by molar-refractivity contribution is 9.10. The van der Waals surface area contributed by atoms with Gasteiger partial charge < -0.3 is 10.0 Å². The van der Waals surface area contributed by atoms with E-state index in [2.05, 4.69) is 47.7 Å². The highest BCUT2D eigenvalue weighted by Crippen LogP contribution is 2.30. The maximum Gasteiger partial charge on any atom is 0.0782 e. The first-order valence-electron chi connectivity index (χ1n) is 6.21. The maximum atomic E-state index is 9.88. The van der Waals surface area contributed by atoms with Crippen LogP contribution in [0.15, 0.2) is 22.7 Å². The van der Waals surface area contributed by atoms with E-state index in [1.807, 2.05) is 19.1 Å². The van der Waals surface area contributed by atoms with Crippen LogP contribution in [-0.2, 0) is 0 Å². The van der Waals surface area contributed by atoms with Crippen LogP contribution < -0.4 is 4.90 Å². The molecule has 17 heavy (non-hydrogen) atoms. The summed E-state index contributed by atoms with van der Waals surface area (Å²) in [6.45, 7) is 9.37. The van der Waals surface area contributed by atoms with Crippen molar-refractivity contribution >= 4 is 21.6 Å². The SMILES string of the molecule is CCCN(c1ccc(Br)cc1C(C)O)C(C)C. The normalized spacial score (nSPS) is 12.9. The highest BCUT2D eigenvalue weighted by Gasteiger charge is 2.16. The second-order valence-electron chi connectivity index (χ2n) is 4.67. The van der Waals surface area contributed by atoms with Gasteiger partial charge in [-0.3, -0.25) is 0 Å². The lowest BCUT2D eigenvalue weighted by molar-refractivity contribution is 0.199. The Bertz CT molecular complexity index is 363. The Hall–Kier alpha value is -0.540. The van der Waals surface area contributed by atoms with Gasteiger partial charge in [0, 0.05) is 28.3 Å². The molecule has 1 rings (SSSR count). The second-order valence-corrected chi connectivity index (χ2v) is 5.58. The van der Waals surface area contributed by atoms with Crippen LogP contribution in [0.2, 0.25) is 0 Å². The highest BCUT2D eigenvalue weighted by atomic mass is 79.9. The number of nitrogens with zero attached hydrogens (tertiary/aromatic N) is 1. The minimum absolute atomic E-state index is 0.439. The van der Waals surface area contributed by atoms with Gasteiger partial charge >= 0.3 is 0 Å². The van der Waals surface area contributed by atoms with E-state index in [-0.39, 0.29) is 0 Å². The van der Waals surface area contributed by atoms with Crippen LogP contribution in [0.25, 0.3) is 0 Å². The number of hydrogen-bond donors (Lipinski definition) is 1. The van der Waals surface area contributed by atoms with Gasteiger partial charge in [0.2, 0.25) is 0 Å². The lowest BCUT2D eigenvalue weighted by Crippen LogP contribution is -2.32. The molecule has 96 valence electrons. The molecule has 0 aromatic heterocycles. The summed E-state index contributed by atoms with van der Waals surface area (Å²) in [7, 11) is 0. The molecule has 3 heteroatoms. The average molecular weight is 300 g/mol. The van der Waals surface area contributed by atoms with Gasteiger partial charge in [-0.25, -0.2) is 0 Å². The Morgan fingerprint density at radius 1 is 1.29 bits per heavy atom. The molecule has 0 saturated heterocycles. The lowest BCUT2D eigenvalue weighted by atomic mass is 10.1. The Morgan fingerprint density at radius 3 is 2.41 bits per heavy atom. The Kier molecular flexibility index (Phi) is 5.47. The summed E-state index contributed by atoms with van der Waals surface area (Å²) in [5.41, 5.74) is 2.13. The molecule has 1 aromatic carbocycles. The largest absolute Gasteiger partial charge is 0.389 e. The van der Waals surface area contributed by atoms with Gasteiger partial charge in [-0.1, -0.05) is 22.9 Å². The molecule has 1 aromatic rings. The van der Waals surface area contributed by atoms with E-state index in [1.54, 1.807) is 0 Å². The molecule has 0 saturated carbocycles. The van der Waals surface area contributed by atoms with Gasteiger partial charge in [0.25, 0.3) is 0 Å². The summed E-state index contributed by atoms with van der Waals surface area (Å²) in [6.07, 6.45) is 0.661. The van der Waals surface area contributed by atoms with E-state index < -0.39 is 6.10 Å². The zero-order chi connectivity index (χ0) is 13.0. The number of halogens is 1. The summed E-state index contributed by atoms with van der Waals surface area (Å²) >= 11 is 3.46. The van der Waals surface area contributed by atoms with Crippen molar-refractivity contribution in [3.05, 3.63) is 28.2 Å². The molecular weight excluding hydrogens is 278 g/mol. The van der Waals surface area contributed by atoms with Gasteiger partial charge in [0.05, 0.1) is 6.10 Å². The van der Waals surface area contributed by atoms with Crippen molar-refractivity contribution in [2.24, 2.45) is 0 Å². The van der Waals surface area contributed by atoms with Crippen LogP contribution >= 0.6 is 15.9 Å². The summed E-state index contributed by atoms with van der Waals surface area (Å²) < 4.78 is 1.01. The van der Waals surface area contributed by atoms with Crippen LogP contribution in [0, 0.1) is 0 Å². The van der Waals surface area contributed by atoms with Crippen molar-refractivity contribution < 1.29 is 5.11 Å². The van der Waals surface area contributed by atoms with Crippen molar-refractivity contribution in [1.82, 2.24) is 0 Å². The molecule has 0 spiro atoms. The molecule has 0 aliphatic rings. The van der Waals surface area contributed by atoms with E-state index in [9.17, 15) is 5.11 Å². The van der Waals surface area contributed by atoms with Crippen molar-refractivity contribution in [3.63, 3.8) is 0 Å². The fourth-order valence-electron chi connectivity index (χ4n) is 2.02. The van der Waals surface area contributed by atoms with Crippen LogP contribution in [-0.4, -0.2) is 17.7 Å². The zero-order valence-corrected chi connectivity index (χ0v) is 12.7. The number of hydrogen-bond acceptors (Lipinski definition) is 2. The number of anilines is 1. The third kappa shape index (κ3) is 3.71. The molecule has 0 fully saturated rings.